The van der Waals surface area contributed by atoms with Gasteiger partial charge < -0.3 is 15.8 Å². The maximum absolute atomic E-state index is 12.2. The fourth-order valence-corrected chi connectivity index (χ4v) is 2.35. The molecule has 2 amide bonds. The topological polar surface area (TPSA) is 94.3 Å². The summed E-state index contributed by atoms with van der Waals surface area (Å²) in [5, 5.41) is 2.88. The molecule has 0 saturated carbocycles. The van der Waals surface area contributed by atoms with Gasteiger partial charge >= 0.3 is 0 Å². The highest BCUT2D eigenvalue weighted by atomic mass is 16.5. The SMILES string of the molecule is Cc1cccc(C(C)C)c1NC(=O)COc1ccncc1C(N)=O. The van der Waals surface area contributed by atoms with E-state index in [2.05, 4.69) is 24.1 Å². The maximum atomic E-state index is 12.2. The lowest BCUT2D eigenvalue weighted by Gasteiger charge is -2.16. The monoisotopic (exact) mass is 327 g/mol. The average molecular weight is 327 g/mol. The summed E-state index contributed by atoms with van der Waals surface area (Å²) in [6.45, 7) is 5.85. The summed E-state index contributed by atoms with van der Waals surface area (Å²) in [6.07, 6.45) is 2.78. The zero-order valence-electron chi connectivity index (χ0n) is 14.0. The number of nitrogens with two attached hydrogens (primary N) is 1. The minimum atomic E-state index is -0.653. The number of benzene rings is 1. The molecule has 6 heteroatoms. The molecule has 0 aliphatic carbocycles. The molecule has 1 aromatic heterocycles. The largest absolute Gasteiger partial charge is 0.483 e. The minimum Gasteiger partial charge on any atom is -0.483 e. The normalized spacial score (nSPS) is 10.5. The molecular formula is C18H21N3O3. The van der Waals surface area contributed by atoms with E-state index in [4.69, 9.17) is 10.5 Å². The van der Waals surface area contributed by atoms with E-state index >= 15 is 0 Å². The molecule has 1 heterocycles. The second-order valence-corrected chi connectivity index (χ2v) is 5.77. The van der Waals surface area contributed by atoms with Gasteiger partial charge in [-0.05, 0) is 30.0 Å². The zero-order valence-corrected chi connectivity index (χ0v) is 14.0. The van der Waals surface area contributed by atoms with Gasteiger partial charge in [-0.25, -0.2) is 0 Å². The summed E-state index contributed by atoms with van der Waals surface area (Å²) in [5.41, 5.74) is 8.24. The molecule has 0 bridgehead atoms. The van der Waals surface area contributed by atoms with Crippen molar-refractivity contribution in [1.82, 2.24) is 4.98 Å². The number of rotatable bonds is 6. The lowest BCUT2D eigenvalue weighted by molar-refractivity contribution is -0.118. The van der Waals surface area contributed by atoms with E-state index in [1.165, 1.54) is 18.5 Å². The number of carbonyl (C=O) groups excluding carboxylic acids is 2. The highest BCUT2D eigenvalue weighted by molar-refractivity contribution is 5.96. The molecular weight excluding hydrogens is 306 g/mol. The van der Waals surface area contributed by atoms with E-state index < -0.39 is 5.91 Å². The highest BCUT2D eigenvalue weighted by Crippen LogP contribution is 2.27. The molecule has 0 spiro atoms. The van der Waals surface area contributed by atoms with Gasteiger partial charge in [-0.3, -0.25) is 14.6 Å². The van der Waals surface area contributed by atoms with Crippen molar-refractivity contribution in [3.05, 3.63) is 53.3 Å². The molecule has 0 fully saturated rings. The third-order valence-electron chi connectivity index (χ3n) is 3.60. The van der Waals surface area contributed by atoms with Gasteiger partial charge in [-0.2, -0.15) is 0 Å². The molecule has 0 atom stereocenters. The Hall–Kier alpha value is -2.89. The maximum Gasteiger partial charge on any atom is 0.262 e. The smallest absolute Gasteiger partial charge is 0.262 e. The van der Waals surface area contributed by atoms with Crippen molar-refractivity contribution >= 4 is 17.5 Å². The molecule has 0 saturated heterocycles. The number of primary amides is 1. The fraction of sp³-hybridized carbons (Fsp3) is 0.278. The van der Waals surface area contributed by atoms with Gasteiger partial charge in [0, 0.05) is 18.1 Å². The summed E-state index contributed by atoms with van der Waals surface area (Å²) in [4.78, 5) is 27.4. The van der Waals surface area contributed by atoms with Crippen LogP contribution in [0, 0.1) is 6.92 Å². The van der Waals surface area contributed by atoms with Crippen molar-refractivity contribution in [2.24, 2.45) is 5.73 Å². The van der Waals surface area contributed by atoms with Crippen LogP contribution in [-0.2, 0) is 4.79 Å². The Bertz CT molecular complexity index is 757. The van der Waals surface area contributed by atoms with Gasteiger partial charge in [-0.15, -0.1) is 0 Å². The third-order valence-corrected chi connectivity index (χ3v) is 3.60. The van der Waals surface area contributed by atoms with Gasteiger partial charge in [0.15, 0.2) is 6.61 Å². The van der Waals surface area contributed by atoms with E-state index in [-0.39, 0.29) is 29.7 Å². The summed E-state index contributed by atoms with van der Waals surface area (Å²) in [5.74, 6) is -0.442. The lowest BCUT2D eigenvalue weighted by Crippen LogP contribution is -2.23. The number of amides is 2. The summed E-state index contributed by atoms with van der Waals surface area (Å²) in [6, 6.07) is 7.40. The summed E-state index contributed by atoms with van der Waals surface area (Å²) >= 11 is 0. The number of anilines is 1. The van der Waals surface area contributed by atoms with Crippen LogP contribution in [0.1, 0.15) is 41.3 Å². The first-order valence-electron chi connectivity index (χ1n) is 7.66. The van der Waals surface area contributed by atoms with Crippen LogP contribution in [0.5, 0.6) is 5.75 Å². The van der Waals surface area contributed by atoms with E-state index in [9.17, 15) is 9.59 Å². The first-order chi connectivity index (χ1) is 11.4. The third kappa shape index (κ3) is 4.10. The number of nitrogens with zero attached hydrogens (tertiary/aromatic N) is 1. The molecule has 0 aliphatic heterocycles. The van der Waals surface area contributed by atoms with Crippen LogP contribution in [0.4, 0.5) is 5.69 Å². The summed E-state index contributed by atoms with van der Waals surface area (Å²) < 4.78 is 5.42. The second-order valence-electron chi connectivity index (χ2n) is 5.77. The van der Waals surface area contributed by atoms with Gasteiger partial charge in [0.2, 0.25) is 0 Å². The first-order valence-corrected chi connectivity index (χ1v) is 7.66. The second kappa shape index (κ2) is 7.59. The number of ether oxygens (including phenoxy) is 1. The minimum absolute atomic E-state index is 0.143. The zero-order chi connectivity index (χ0) is 17.7. The molecule has 3 N–H and O–H groups in total. The van der Waals surface area contributed by atoms with Gasteiger partial charge in [0.25, 0.3) is 11.8 Å². The van der Waals surface area contributed by atoms with Crippen LogP contribution < -0.4 is 15.8 Å². The highest BCUT2D eigenvalue weighted by Gasteiger charge is 2.14. The van der Waals surface area contributed by atoms with Crippen molar-refractivity contribution in [1.29, 1.82) is 0 Å². The Morgan fingerprint density at radius 1 is 1.29 bits per heavy atom. The number of pyridine rings is 1. The van der Waals surface area contributed by atoms with Crippen LogP contribution in [0.15, 0.2) is 36.7 Å². The Labute approximate surface area is 141 Å². The summed E-state index contributed by atoms with van der Waals surface area (Å²) in [7, 11) is 0. The molecule has 126 valence electrons. The Morgan fingerprint density at radius 3 is 2.71 bits per heavy atom. The van der Waals surface area contributed by atoms with Crippen LogP contribution in [0.3, 0.4) is 0 Å². The lowest BCUT2D eigenvalue weighted by atomic mass is 9.98. The van der Waals surface area contributed by atoms with Crippen LogP contribution in [0.2, 0.25) is 0 Å². The number of para-hydroxylation sites is 1. The average Bonchev–Trinajstić information content (AvgIpc) is 2.54. The molecule has 24 heavy (non-hydrogen) atoms. The van der Waals surface area contributed by atoms with E-state index in [1.54, 1.807) is 0 Å². The van der Waals surface area contributed by atoms with E-state index in [0.29, 0.717) is 0 Å². The van der Waals surface area contributed by atoms with Crippen LogP contribution in [0.25, 0.3) is 0 Å². The van der Waals surface area contributed by atoms with Crippen molar-refractivity contribution in [3.8, 4) is 5.75 Å². The number of nitrogens with one attached hydrogen (secondary N) is 1. The Balaban J connectivity index is 2.09. The number of aryl methyl sites for hydroxylation is 1. The molecule has 6 nitrogen and oxygen atoms in total. The predicted molar refractivity (Wildman–Crippen MR) is 92.1 cm³/mol. The van der Waals surface area contributed by atoms with Crippen molar-refractivity contribution in [3.63, 3.8) is 0 Å². The molecule has 0 aliphatic rings. The van der Waals surface area contributed by atoms with Crippen molar-refractivity contribution < 1.29 is 14.3 Å². The van der Waals surface area contributed by atoms with E-state index in [0.717, 1.165) is 16.8 Å². The molecule has 1 aromatic carbocycles. The Morgan fingerprint density at radius 2 is 2.04 bits per heavy atom. The molecule has 0 unspecified atom stereocenters. The van der Waals surface area contributed by atoms with Gasteiger partial charge in [-0.1, -0.05) is 32.0 Å². The Kier molecular flexibility index (Phi) is 5.52. The standard InChI is InChI=1S/C18H21N3O3/c1-11(2)13-6-4-5-12(3)17(13)21-16(22)10-24-15-7-8-20-9-14(15)18(19)23/h4-9,11H,10H2,1-3H3,(H2,19,23)(H,21,22). The molecule has 2 aromatic rings. The van der Waals surface area contributed by atoms with E-state index in [1.807, 2.05) is 25.1 Å². The van der Waals surface area contributed by atoms with Crippen LogP contribution >= 0.6 is 0 Å². The number of carbonyl (C=O) groups is 2. The van der Waals surface area contributed by atoms with Gasteiger partial charge in [0.05, 0.1) is 5.56 Å². The molecule has 0 radical (unpaired) electrons. The molecule has 2 rings (SSSR count). The van der Waals surface area contributed by atoms with Gasteiger partial charge in [0.1, 0.15) is 5.75 Å². The quantitative estimate of drug-likeness (QED) is 0.852. The number of hydrogen-bond donors (Lipinski definition) is 2. The predicted octanol–water partition coefficient (Wildman–Crippen LogP) is 2.63. The number of hydrogen-bond acceptors (Lipinski definition) is 4. The van der Waals surface area contributed by atoms with Crippen LogP contribution in [-0.4, -0.2) is 23.4 Å². The fourth-order valence-electron chi connectivity index (χ4n) is 2.35. The van der Waals surface area contributed by atoms with Crippen molar-refractivity contribution in [2.75, 3.05) is 11.9 Å². The van der Waals surface area contributed by atoms with Crippen molar-refractivity contribution in [2.45, 2.75) is 26.7 Å². The first kappa shape index (κ1) is 17.5. The number of aromatic nitrogens is 1.